The number of aliphatic hydroxyl groups excluding tert-OH is 1. The standard InChI is InChI=1S/C27H25F5N2O6/c1-12-18(27(37)39-3)20(21-22(28)24(30)26(32)25(31)23(21)29)19-16(33-12)9-34(10-17(19)36)8-13(35)11-40-15-6-4-14(38-2)5-7-15/h4-7,13,18,20,35H,8-11H2,1-3H3. The van der Waals surface area contributed by atoms with Crippen LogP contribution in [0.15, 0.2) is 40.5 Å². The molecule has 1 N–H and O–H groups in total. The largest absolute Gasteiger partial charge is 0.497 e. The Labute approximate surface area is 225 Å². The molecule has 40 heavy (non-hydrogen) atoms. The Morgan fingerprint density at radius 2 is 1.57 bits per heavy atom. The van der Waals surface area contributed by atoms with E-state index in [0.29, 0.717) is 11.5 Å². The van der Waals surface area contributed by atoms with Crippen LogP contribution in [0.3, 0.4) is 0 Å². The van der Waals surface area contributed by atoms with Gasteiger partial charge in [-0.2, -0.15) is 0 Å². The van der Waals surface area contributed by atoms with Crippen LogP contribution in [0.4, 0.5) is 22.0 Å². The number of nitrogens with zero attached hydrogens (tertiary/aromatic N) is 2. The van der Waals surface area contributed by atoms with Gasteiger partial charge < -0.3 is 19.3 Å². The fourth-order valence-corrected chi connectivity index (χ4v) is 4.92. The molecule has 0 saturated carbocycles. The molecule has 2 aliphatic heterocycles. The highest BCUT2D eigenvalue weighted by Crippen LogP contribution is 2.44. The minimum absolute atomic E-state index is 0.0221. The van der Waals surface area contributed by atoms with E-state index in [0.717, 1.165) is 7.11 Å². The SMILES string of the molecule is COC(=O)C1C(C)=NC2=C(C(=O)CN(CC(O)COc3ccc(OC)cc3)C2)C1c1c(F)c(F)c(F)c(F)c1F. The number of carbonyl (C=O) groups is 2. The van der Waals surface area contributed by atoms with E-state index in [4.69, 9.17) is 14.2 Å². The molecule has 0 radical (unpaired) electrons. The van der Waals surface area contributed by atoms with Crippen LogP contribution in [0.2, 0.25) is 0 Å². The number of aliphatic imine (C=N–C) groups is 1. The van der Waals surface area contributed by atoms with Crippen molar-refractivity contribution in [3.63, 3.8) is 0 Å². The Kier molecular flexibility index (Phi) is 8.54. The van der Waals surface area contributed by atoms with Gasteiger partial charge in [-0.05, 0) is 31.2 Å². The maximum atomic E-state index is 14.9. The van der Waals surface area contributed by atoms with Crippen LogP contribution in [0.1, 0.15) is 18.4 Å². The molecule has 3 atom stereocenters. The third kappa shape index (κ3) is 5.43. The number of rotatable bonds is 8. The zero-order chi connectivity index (χ0) is 29.3. The van der Waals surface area contributed by atoms with E-state index in [1.54, 1.807) is 24.3 Å². The molecule has 2 aliphatic rings. The molecule has 2 aromatic rings. The van der Waals surface area contributed by atoms with Crippen LogP contribution in [-0.4, -0.2) is 74.0 Å². The van der Waals surface area contributed by atoms with Crippen molar-refractivity contribution < 1.29 is 50.9 Å². The molecule has 214 valence electrons. The lowest BCUT2D eigenvalue weighted by Gasteiger charge is -2.38. The normalized spacial score (nSPS) is 20.1. The molecule has 0 saturated heterocycles. The second-order valence-electron chi connectivity index (χ2n) is 9.31. The van der Waals surface area contributed by atoms with Crippen molar-refractivity contribution in [1.29, 1.82) is 0 Å². The number of esters is 1. The van der Waals surface area contributed by atoms with Crippen LogP contribution in [0.5, 0.6) is 11.5 Å². The van der Waals surface area contributed by atoms with Crippen molar-refractivity contribution in [3.8, 4) is 11.5 Å². The molecule has 2 heterocycles. The molecular formula is C27H25F5N2O6. The molecule has 4 rings (SSSR count). The molecule has 13 heteroatoms. The average molecular weight is 568 g/mol. The molecule has 0 bridgehead atoms. The maximum Gasteiger partial charge on any atom is 0.315 e. The van der Waals surface area contributed by atoms with E-state index in [1.807, 2.05) is 0 Å². The average Bonchev–Trinajstić information content (AvgIpc) is 2.93. The number of aliphatic hydroxyl groups is 1. The second-order valence-corrected chi connectivity index (χ2v) is 9.31. The van der Waals surface area contributed by atoms with Crippen LogP contribution in [0.25, 0.3) is 0 Å². The first-order chi connectivity index (χ1) is 19.0. The maximum absolute atomic E-state index is 14.9. The van der Waals surface area contributed by atoms with Crippen molar-refractivity contribution in [2.24, 2.45) is 10.9 Å². The van der Waals surface area contributed by atoms with Gasteiger partial charge in [0.05, 0.1) is 26.5 Å². The number of hydrogen-bond donors (Lipinski definition) is 1. The first-order valence-corrected chi connectivity index (χ1v) is 12.1. The van der Waals surface area contributed by atoms with Gasteiger partial charge in [-0.3, -0.25) is 19.5 Å². The lowest BCUT2D eigenvalue weighted by atomic mass is 9.73. The lowest BCUT2D eigenvalue weighted by Crippen LogP contribution is -2.47. The quantitative estimate of drug-likeness (QED) is 0.226. The Balaban J connectivity index is 1.63. The molecule has 8 nitrogen and oxygen atoms in total. The monoisotopic (exact) mass is 568 g/mol. The van der Waals surface area contributed by atoms with Crippen molar-refractivity contribution >= 4 is 17.5 Å². The Morgan fingerprint density at radius 3 is 2.15 bits per heavy atom. The van der Waals surface area contributed by atoms with Gasteiger partial charge in [-0.25, -0.2) is 22.0 Å². The number of carbonyl (C=O) groups excluding carboxylic acids is 2. The summed E-state index contributed by atoms with van der Waals surface area (Å²) < 4.78 is 87.3. The third-order valence-electron chi connectivity index (χ3n) is 6.74. The van der Waals surface area contributed by atoms with Crippen molar-refractivity contribution in [2.45, 2.75) is 18.9 Å². The molecule has 0 fully saturated rings. The van der Waals surface area contributed by atoms with E-state index >= 15 is 0 Å². The summed E-state index contributed by atoms with van der Waals surface area (Å²) in [6, 6.07) is 6.63. The third-order valence-corrected chi connectivity index (χ3v) is 6.74. The number of benzene rings is 2. The van der Waals surface area contributed by atoms with Crippen molar-refractivity contribution in [3.05, 3.63) is 70.2 Å². The van der Waals surface area contributed by atoms with E-state index in [9.17, 15) is 36.6 Å². The molecule has 0 aliphatic carbocycles. The topological polar surface area (TPSA) is 97.7 Å². The summed E-state index contributed by atoms with van der Waals surface area (Å²) in [6.07, 6.45) is -1.07. The molecule has 0 spiro atoms. The predicted octanol–water partition coefficient (Wildman–Crippen LogP) is 3.32. The lowest BCUT2D eigenvalue weighted by molar-refractivity contribution is -0.143. The number of ketones is 1. The number of hydrogen-bond acceptors (Lipinski definition) is 8. The number of ether oxygens (including phenoxy) is 3. The second kappa shape index (κ2) is 11.7. The van der Waals surface area contributed by atoms with Crippen molar-refractivity contribution in [1.82, 2.24) is 4.90 Å². The summed E-state index contributed by atoms with van der Waals surface area (Å²) >= 11 is 0. The smallest absolute Gasteiger partial charge is 0.315 e. The zero-order valence-electron chi connectivity index (χ0n) is 21.6. The van der Waals surface area contributed by atoms with Crippen LogP contribution < -0.4 is 9.47 Å². The number of halogens is 5. The van der Waals surface area contributed by atoms with E-state index in [2.05, 4.69) is 4.99 Å². The first kappa shape index (κ1) is 29.2. The molecular weight excluding hydrogens is 543 g/mol. The highest BCUT2D eigenvalue weighted by atomic mass is 19.2. The van der Waals surface area contributed by atoms with Gasteiger partial charge in [0.15, 0.2) is 29.1 Å². The van der Waals surface area contributed by atoms with Crippen LogP contribution in [-0.2, 0) is 14.3 Å². The Hall–Kier alpha value is -3.84. The number of Topliss-reactive ketones (excluding diaryl/α,β-unsaturated/α-hetero) is 1. The zero-order valence-corrected chi connectivity index (χ0v) is 21.6. The highest BCUT2D eigenvalue weighted by Gasteiger charge is 2.47. The van der Waals surface area contributed by atoms with Gasteiger partial charge in [0.1, 0.15) is 30.1 Å². The Morgan fingerprint density at radius 1 is 1.00 bits per heavy atom. The van der Waals surface area contributed by atoms with Crippen LogP contribution >= 0.6 is 0 Å². The van der Waals surface area contributed by atoms with Gasteiger partial charge in [-0.15, -0.1) is 0 Å². The summed E-state index contributed by atoms with van der Waals surface area (Å²) in [5.74, 6) is -15.3. The minimum Gasteiger partial charge on any atom is -0.497 e. The van der Waals surface area contributed by atoms with Crippen molar-refractivity contribution in [2.75, 3.05) is 40.5 Å². The van der Waals surface area contributed by atoms with Gasteiger partial charge >= 0.3 is 5.97 Å². The summed E-state index contributed by atoms with van der Waals surface area (Å²) in [6.45, 7) is 0.625. The van der Waals surface area contributed by atoms with E-state index in [-0.39, 0.29) is 43.2 Å². The molecule has 2 aromatic carbocycles. The first-order valence-electron chi connectivity index (χ1n) is 12.1. The van der Waals surface area contributed by atoms with E-state index in [1.165, 1.54) is 18.9 Å². The van der Waals surface area contributed by atoms with Crippen LogP contribution in [0, 0.1) is 35.0 Å². The fraction of sp³-hybridized carbons (Fsp3) is 0.370. The Bertz CT molecular complexity index is 1370. The highest BCUT2D eigenvalue weighted by molar-refractivity contribution is 6.09. The molecule has 3 unspecified atom stereocenters. The van der Waals surface area contributed by atoms with Gasteiger partial charge in [0.25, 0.3) is 0 Å². The molecule has 0 aromatic heterocycles. The fourth-order valence-electron chi connectivity index (χ4n) is 4.92. The molecule has 0 amide bonds. The summed E-state index contributed by atoms with van der Waals surface area (Å²) in [7, 11) is 2.49. The summed E-state index contributed by atoms with van der Waals surface area (Å²) in [5.41, 5.74) is -1.74. The number of methoxy groups -OCH3 is 2. The van der Waals surface area contributed by atoms with Gasteiger partial charge in [0.2, 0.25) is 5.82 Å². The minimum atomic E-state index is -2.37. The predicted molar refractivity (Wildman–Crippen MR) is 131 cm³/mol. The van der Waals surface area contributed by atoms with Gasteiger partial charge in [-0.1, -0.05) is 0 Å². The number of β-amino-alcohol motifs (C(OH)–C–C–N with tert-alkyl or cyclic N) is 1. The summed E-state index contributed by atoms with van der Waals surface area (Å²) in [5, 5.41) is 10.5. The summed E-state index contributed by atoms with van der Waals surface area (Å²) in [4.78, 5) is 31.7. The van der Waals surface area contributed by atoms with E-state index < -0.39 is 64.3 Å². The van der Waals surface area contributed by atoms with Gasteiger partial charge in [0, 0.05) is 35.9 Å².